The molecule has 3 N–H and O–H groups in total. The fourth-order valence-electron chi connectivity index (χ4n) is 1.35. The van der Waals surface area contributed by atoms with E-state index in [0.717, 1.165) is 19.4 Å². The quantitative estimate of drug-likeness (QED) is 0.326. The lowest BCUT2D eigenvalue weighted by Crippen LogP contribution is -2.33. The van der Waals surface area contributed by atoms with Crippen molar-refractivity contribution in [1.82, 2.24) is 0 Å². The van der Waals surface area contributed by atoms with Gasteiger partial charge in [-0.3, -0.25) is 4.79 Å². The number of carbonyl (C=O) groups is 1. The first-order valence-electron chi connectivity index (χ1n) is 7.48. The van der Waals surface area contributed by atoms with Crippen molar-refractivity contribution in [2.45, 2.75) is 32.2 Å². The topological polar surface area (TPSA) is 100 Å². The van der Waals surface area contributed by atoms with Gasteiger partial charge in [-0.05, 0) is 12.8 Å². The highest BCUT2D eigenvalue weighted by Gasteiger charge is 2.13. The van der Waals surface area contributed by atoms with Crippen molar-refractivity contribution in [3.8, 4) is 0 Å². The normalized spacial score (nSPS) is 12.3. The number of hydrogen-bond donors (Lipinski definition) is 2. The zero-order valence-corrected chi connectivity index (χ0v) is 12.9. The molecule has 0 aromatic heterocycles. The van der Waals surface area contributed by atoms with Gasteiger partial charge in [-0.15, -0.1) is 0 Å². The van der Waals surface area contributed by atoms with Crippen LogP contribution in [0.2, 0.25) is 0 Å². The maximum Gasteiger partial charge on any atom is 0.323 e. The number of rotatable bonds is 15. The van der Waals surface area contributed by atoms with E-state index in [1.807, 2.05) is 0 Å². The second kappa shape index (κ2) is 15.7. The first kappa shape index (κ1) is 20.3. The standard InChI is InChI=1S/C14H29NO6/c1-2-3-6-18-7-8-19-9-10-20-11-12-21-14(17)13(15)4-5-16/h13,16H,2-12,15H2,1H3/t13-/m1/s1. The first-order valence-corrected chi connectivity index (χ1v) is 7.48. The van der Waals surface area contributed by atoms with Crippen LogP contribution in [-0.2, 0) is 23.7 Å². The van der Waals surface area contributed by atoms with Crippen LogP contribution in [0.5, 0.6) is 0 Å². The van der Waals surface area contributed by atoms with E-state index in [4.69, 9.17) is 29.8 Å². The third-order valence-corrected chi connectivity index (χ3v) is 2.60. The summed E-state index contributed by atoms with van der Waals surface area (Å²) in [4.78, 5) is 11.3. The van der Waals surface area contributed by atoms with Gasteiger partial charge < -0.3 is 29.8 Å². The Hall–Kier alpha value is -0.730. The van der Waals surface area contributed by atoms with Crippen molar-refractivity contribution in [2.75, 3.05) is 52.9 Å². The van der Waals surface area contributed by atoms with Gasteiger partial charge in [0.15, 0.2) is 0 Å². The molecule has 0 amide bonds. The highest BCUT2D eigenvalue weighted by molar-refractivity contribution is 5.75. The average molecular weight is 307 g/mol. The predicted molar refractivity (Wildman–Crippen MR) is 78.0 cm³/mol. The largest absolute Gasteiger partial charge is 0.462 e. The van der Waals surface area contributed by atoms with Crippen LogP contribution < -0.4 is 5.73 Å². The number of aliphatic hydroxyl groups is 1. The van der Waals surface area contributed by atoms with Crippen LogP contribution in [-0.4, -0.2) is 70.0 Å². The van der Waals surface area contributed by atoms with E-state index >= 15 is 0 Å². The number of hydrogen-bond acceptors (Lipinski definition) is 7. The van der Waals surface area contributed by atoms with E-state index in [9.17, 15) is 4.79 Å². The summed E-state index contributed by atoms with van der Waals surface area (Å²) in [5.41, 5.74) is 5.46. The molecule has 0 saturated heterocycles. The van der Waals surface area contributed by atoms with Crippen molar-refractivity contribution in [1.29, 1.82) is 0 Å². The Morgan fingerprint density at radius 1 is 1.00 bits per heavy atom. The van der Waals surface area contributed by atoms with Crippen LogP contribution in [0.25, 0.3) is 0 Å². The Labute approximate surface area is 126 Å². The number of esters is 1. The molecule has 7 nitrogen and oxygen atoms in total. The summed E-state index contributed by atoms with van der Waals surface area (Å²) in [7, 11) is 0. The van der Waals surface area contributed by atoms with Gasteiger partial charge in [-0.25, -0.2) is 0 Å². The minimum atomic E-state index is -0.772. The van der Waals surface area contributed by atoms with Gasteiger partial charge in [0.25, 0.3) is 0 Å². The Kier molecular flexibility index (Phi) is 15.1. The molecule has 0 aliphatic rings. The highest BCUT2D eigenvalue weighted by atomic mass is 16.6. The fourth-order valence-corrected chi connectivity index (χ4v) is 1.35. The van der Waals surface area contributed by atoms with E-state index in [1.165, 1.54) is 0 Å². The summed E-state index contributed by atoms with van der Waals surface area (Å²) in [6.45, 7) is 5.29. The summed E-state index contributed by atoms with van der Waals surface area (Å²) in [5, 5.41) is 8.62. The molecule has 21 heavy (non-hydrogen) atoms. The number of unbranched alkanes of at least 4 members (excludes halogenated alkanes) is 1. The molecule has 0 spiro atoms. The lowest BCUT2D eigenvalue weighted by molar-refractivity contribution is -0.147. The Morgan fingerprint density at radius 3 is 2.05 bits per heavy atom. The van der Waals surface area contributed by atoms with E-state index in [2.05, 4.69) is 6.92 Å². The molecule has 0 aromatic rings. The molecule has 0 heterocycles. The van der Waals surface area contributed by atoms with Gasteiger partial charge in [0, 0.05) is 13.2 Å². The van der Waals surface area contributed by atoms with Crippen LogP contribution in [0.15, 0.2) is 0 Å². The molecule has 0 rings (SSSR count). The summed E-state index contributed by atoms with van der Waals surface area (Å²) < 4.78 is 20.8. The smallest absolute Gasteiger partial charge is 0.323 e. The van der Waals surface area contributed by atoms with E-state index in [-0.39, 0.29) is 19.6 Å². The van der Waals surface area contributed by atoms with E-state index < -0.39 is 12.0 Å². The van der Waals surface area contributed by atoms with Crippen LogP contribution >= 0.6 is 0 Å². The highest BCUT2D eigenvalue weighted by Crippen LogP contribution is 1.92. The number of aliphatic hydroxyl groups excluding tert-OH is 1. The molecule has 0 radical (unpaired) electrons. The predicted octanol–water partition coefficient (Wildman–Crippen LogP) is 0.0892. The third-order valence-electron chi connectivity index (χ3n) is 2.60. The number of nitrogens with two attached hydrogens (primary N) is 1. The molecule has 0 aromatic carbocycles. The SMILES string of the molecule is CCCCOCCOCCOCCOC(=O)[C@H](N)CCO. The van der Waals surface area contributed by atoms with Crippen LogP contribution in [0.4, 0.5) is 0 Å². The molecule has 0 aliphatic carbocycles. The maximum atomic E-state index is 11.3. The minimum absolute atomic E-state index is 0.133. The minimum Gasteiger partial charge on any atom is -0.462 e. The van der Waals surface area contributed by atoms with E-state index in [1.54, 1.807) is 0 Å². The van der Waals surface area contributed by atoms with Crippen LogP contribution in [0.3, 0.4) is 0 Å². The van der Waals surface area contributed by atoms with Gasteiger partial charge in [0.1, 0.15) is 12.6 Å². The lowest BCUT2D eigenvalue weighted by atomic mass is 10.2. The lowest BCUT2D eigenvalue weighted by Gasteiger charge is -2.10. The zero-order valence-electron chi connectivity index (χ0n) is 12.9. The summed E-state index contributed by atoms with van der Waals surface area (Å²) in [6, 6.07) is -0.772. The second-order valence-corrected chi connectivity index (χ2v) is 4.48. The molecule has 0 unspecified atom stereocenters. The summed E-state index contributed by atoms with van der Waals surface area (Å²) in [5.74, 6) is -0.520. The van der Waals surface area contributed by atoms with Gasteiger partial charge in [0.2, 0.25) is 0 Å². The molecule has 0 bridgehead atoms. The van der Waals surface area contributed by atoms with Crippen LogP contribution in [0.1, 0.15) is 26.2 Å². The molecule has 0 saturated carbocycles. The summed E-state index contributed by atoms with van der Waals surface area (Å²) in [6.07, 6.45) is 2.40. The van der Waals surface area contributed by atoms with Gasteiger partial charge in [0.05, 0.1) is 33.0 Å². The van der Waals surface area contributed by atoms with Crippen LogP contribution in [0, 0.1) is 0 Å². The van der Waals surface area contributed by atoms with Gasteiger partial charge in [-0.1, -0.05) is 13.3 Å². The zero-order chi connectivity index (χ0) is 15.8. The van der Waals surface area contributed by atoms with E-state index in [0.29, 0.717) is 33.0 Å². The molecule has 0 fully saturated rings. The molecule has 7 heteroatoms. The van der Waals surface area contributed by atoms with Crippen molar-refractivity contribution in [3.05, 3.63) is 0 Å². The Bertz CT molecular complexity index is 240. The van der Waals surface area contributed by atoms with Gasteiger partial charge in [-0.2, -0.15) is 0 Å². The van der Waals surface area contributed by atoms with Crippen molar-refractivity contribution < 1.29 is 28.8 Å². The maximum absolute atomic E-state index is 11.3. The number of carbonyl (C=O) groups excluding carboxylic acids is 1. The first-order chi connectivity index (χ1) is 10.2. The van der Waals surface area contributed by atoms with Crippen molar-refractivity contribution >= 4 is 5.97 Å². The molecule has 126 valence electrons. The molecular formula is C14H29NO6. The molecule has 1 atom stereocenters. The molecule has 0 aliphatic heterocycles. The number of ether oxygens (including phenoxy) is 4. The second-order valence-electron chi connectivity index (χ2n) is 4.48. The summed E-state index contributed by atoms with van der Waals surface area (Å²) >= 11 is 0. The van der Waals surface area contributed by atoms with Gasteiger partial charge >= 0.3 is 5.97 Å². The fraction of sp³-hybridized carbons (Fsp3) is 0.929. The van der Waals surface area contributed by atoms with Crippen molar-refractivity contribution in [2.24, 2.45) is 5.73 Å². The Balaban J connectivity index is 3.17. The third kappa shape index (κ3) is 14.0. The monoisotopic (exact) mass is 307 g/mol. The average Bonchev–Trinajstić information content (AvgIpc) is 2.48. The van der Waals surface area contributed by atoms with Crippen molar-refractivity contribution in [3.63, 3.8) is 0 Å². The Morgan fingerprint density at radius 2 is 1.52 bits per heavy atom. The molecular weight excluding hydrogens is 278 g/mol.